The number of aromatic nitrogens is 1. The molecule has 7 heteroatoms. The Bertz CT molecular complexity index is 737. The molecule has 1 aromatic heterocycles. The van der Waals surface area contributed by atoms with Gasteiger partial charge in [-0.05, 0) is 25.1 Å². The summed E-state index contributed by atoms with van der Waals surface area (Å²) >= 11 is 0. The highest BCUT2D eigenvalue weighted by molar-refractivity contribution is 7.89. The van der Waals surface area contributed by atoms with E-state index in [0.717, 1.165) is 0 Å². The number of halogens is 1. The molecule has 1 heterocycles. The van der Waals surface area contributed by atoms with Crippen LogP contribution in [0.25, 0.3) is 0 Å². The molecule has 1 aromatic carbocycles. The van der Waals surface area contributed by atoms with Crippen LogP contribution >= 0.6 is 0 Å². The summed E-state index contributed by atoms with van der Waals surface area (Å²) < 4.78 is 46.2. The third-order valence-electron chi connectivity index (χ3n) is 3.44. The third-order valence-corrected chi connectivity index (χ3v) is 4.82. The minimum atomic E-state index is -3.74. The Labute approximate surface area is 129 Å². The minimum absolute atomic E-state index is 0.0435. The Morgan fingerprint density at radius 1 is 1.27 bits per heavy atom. The smallest absolute Gasteiger partial charge is 0.242 e. The first-order valence-corrected chi connectivity index (χ1v) is 8.07. The number of methoxy groups -OCH3 is 1. The fraction of sp³-hybridized carbons (Fsp3) is 0.267. The maximum Gasteiger partial charge on any atom is 0.242 e. The zero-order valence-electron chi connectivity index (χ0n) is 12.3. The Kier molecular flexibility index (Phi) is 4.90. The van der Waals surface area contributed by atoms with Crippen molar-refractivity contribution in [2.24, 2.45) is 0 Å². The van der Waals surface area contributed by atoms with Crippen LogP contribution in [-0.2, 0) is 20.4 Å². The summed E-state index contributed by atoms with van der Waals surface area (Å²) in [6.07, 6.45) is 2.73. The Balaban J connectivity index is 2.23. The molecule has 0 unspecified atom stereocenters. The molecule has 1 N–H and O–H groups in total. The van der Waals surface area contributed by atoms with Gasteiger partial charge in [0, 0.05) is 31.6 Å². The van der Waals surface area contributed by atoms with E-state index in [9.17, 15) is 12.8 Å². The first-order valence-electron chi connectivity index (χ1n) is 6.59. The van der Waals surface area contributed by atoms with Gasteiger partial charge in [0.15, 0.2) is 0 Å². The number of ether oxygens (including phenoxy) is 1. The van der Waals surface area contributed by atoms with Crippen LogP contribution in [0.4, 0.5) is 4.39 Å². The average Bonchev–Trinajstić information content (AvgIpc) is 2.54. The van der Waals surface area contributed by atoms with Crippen LogP contribution in [0, 0.1) is 5.82 Å². The van der Waals surface area contributed by atoms with Crippen LogP contribution in [0.5, 0.6) is 0 Å². The van der Waals surface area contributed by atoms with Gasteiger partial charge in [0.2, 0.25) is 10.0 Å². The van der Waals surface area contributed by atoms with Gasteiger partial charge in [-0.15, -0.1) is 0 Å². The highest BCUT2D eigenvalue weighted by atomic mass is 32.2. The number of hydrogen-bond donors (Lipinski definition) is 1. The molecular weight excluding hydrogens is 307 g/mol. The molecule has 0 spiro atoms. The number of rotatable bonds is 6. The number of nitrogens with one attached hydrogen (secondary N) is 1. The molecule has 0 saturated carbocycles. The SMILES string of the molecule is CO[C@@](C)(CNS(=O)(=O)c1cccnc1)c1ccccc1F. The molecule has 0 aliphatic carbocycles. The molecule has 0 bridgehead atoms. The fourth-order valence-corrected chi connectivity index (χ4v) is 3.08. The van der Waals surface area contributed by atoms with Gasteiger partial charge < -0.3 is 4.74 Å². The van der Waals surface area contributed by atoms with Crippen LogP contribution in [0.3, 0.4) is 0 Å². The highest BCUT2D eigenvalue weighted by Gasteiger charge is 2.31. The number of benzene rings is 1. The van der Waals surface area contributed by atoms with Crippen LogP contribution in [0.1, 0.15) is 12.5 Å². The lowest BCUT2D eigenvalue weighted by atomic mass is 9.95. The lowest BCUT2D eigenvalue weighted by molar-refractivity contribution is 0.00410. The zero-order valence-corrected chi connectivity index (χ0v) is 13.1. The van der Waals surface area contributed by atoms with E-state index in [1.807, 2.05) is 0 Å². The van der Waals surface area contributed by atoms with Gasteiger partial charge >= 0.3 is 0 Å². The van der Waals surface area contributed by atoms with Crippen molar-refractivity contribution < 1.29 is 17.5 Å². The Hall–Kier alpha value is -1.83. The first kappa shape index (κ1) is 16.5. The van der Waals surface area contributed by atoms with Crippen LogP contribution in [-0.4, -0.2) is 27.1 Å². The summed E-state index contributed by atoms with van der Waals surface area (Å²) in [7, 11) is -2.33. The molecule has 22 heavy (non-hydrogen) atoms. The minimum Gasteiger partial charge on any atom is -0.372 e. The maximum atomic E-state index is 13.9. The van der Waals surface area contributed by atoms with Crippen molar-refractivity contribution in [2.75, 3.05) is 13.7 Å². The van der Waals surface area contributed by atoms with Gasteiger partial charge in [0.25, 0.3) is 0 Å². The number of sulfonamides is 1. The predicted molar refractivity (Wildman–Crippen MR) is 80.2 cm³/mol. The van der Waals surface area contributed by atoms with Crippen molar-refractivity contribution in [3.63, 3.8) is 0 Å². The Morgan fingerprint density at radius 2 is 2.00 bits per heavy atom. The van der Waals surface area contributed by atoms with E-state index in [-0.39, 0.29) is 17.0 Å². The van der Waals surface area contributed by atoms with E-state index >= 15 is 0 Å². The van der Waals surface area contributed by atoms with Gasteiger partial charge in [0.05, 0.1) is 0 Å². The lowest BCUT2D eigenvalue weighted by Crippen LogP contribution is -2.40. The van der Waals surface area contributed by atoms with Crippen molar-refractivity contribution in [2.45, 2.75) is 17.4 Å². The van der Waals surface area contributed by atoms with Gasteiger partial charge in [-0.2, -0.15) is 0 Å². The maximum absolute atomic E-state index is 13.9. The second kappa shape index (κ2) is 6.51. The molecule has 2 rings (SSSR count). The highest BCUT2D eigenvalue weighted by Crippen LogP contribution is 2.26. The van der Waals surface area contributed by atoms with E-state index in [2.05, 4.69) is 9.71 Å². The van der Waals surface area contributed by atoms with E-state index in [1.54, 1.807) is 25.1 Å². The lowest BCUT2D eigenvalue weighted by Gasteiger charge is -2.29. The van der Waals surface area contributed by atoms with E-state index in [0.29, 0.717) is 0 Å². The summed E-state index contributed by atoms with van der Waals surface area (Å²) in [6, 6.07) is 9.07. The quantitative estimate of drug-likeness (QED) is 0.883. The summed E-state index contributed by atoms with van der Waals surface area (Å²) in [5, 5.41) is 0. The summed E-state index contributed by atoms with van der Waals surface area (Å²) in [5.74, 6) is -0.451. The van der Waals surface area contributed by atoms with E-state index in [4.69, 9.17) is 4.74 Å². The van der Waals surface area contributed by atoms with Crippen molar-refractivity contribution in [1.29, 1.82) is 0 Å². The van der Waals surface area contributed by atoms with Crippen LogP contribution < -0.4 is 4.72 Å². The molecule has 0 saturated heterocycles. The standard InChI is InChI=1S/C15H17FN2O3S/c1-15(21-2,13-7-3-4-8-14(13)16)11-18-22(19,20)12-6-5-9-17-10-12/h3-10,18H,11H2,1-2H3/t15-/m0/s1. The average molecular weight is 324 g/mol. The zero-order chi connectivity index (χ0) is 16.2. The summed E-state index contributed by atoms with van der Waals surface area (Å²) in [4.78, 5) is 3.82. The first-order chi connectivity index (χ1) is 10.4. The van der Waals surface area contributed by atoms with Crippen molar-refractivity contribution >= 4 is 10.0 Å². The number of hydrogen-bond acceptors (Lipinski definition) is 4. The molecular formula is C15H17FN2O3S. The third kappa shape index (κ3) is 3.49. The molecule has 0 aliphatic rings. The van der Waals surface area contributed by atoms with Gasteiger partial charge in [-0.1, -0.05) is 18.2 Å². The molecule has 0 radical (unpaired) electrons. The normalized spacial score (nSPS) is 14.5. The van der Waals surface area contributed by atoms with Gasteiger partial charge in [-0.25, -0.2) is 17.5 Å². The largest absolute Gasteiger partial charge is 0.372 e. The van der Waals surface area contributed by atoms with E-state index < -0.39 is 21.4 Å². The monoisotopic (exact) mass is 324 g/mol. The molecule has 0 fully saturated rings. The fourth-order valence-electron chi connectivity index (χ4n) is 1.99. The summed E-state index contributed by atoms with van der Waals surface area (Å²) in [5.41, 5.74) is -0.841. The summed E-state index contributed by atoms with van der Waals surface area (Å²) in [6.45, 7) is 1.51. The van der Waals surface area contributed by atoms with Crippen molar-refractivity contribution in [3.05, 3.63) is 60.2 Å². The van der Waals surface area contributed by atoms with Crippen molar-refractivity contribution in [3.8, 4) is 0 Å². The molecule has 2 aromatic rings. The number of pyridine rings is 1. The van der Waals surface area contributed by atoms with Crippen LogP contribution in [0.2, 0.25) is 0 Å². The second-order valence-electron chi connectivity index (χ2n) is 4.93. The van der Waals surface area contributed by atoms with Gasteiger partial charge in [0.1, 0.15) is 16.3 Å². The molecule has 118 valence electrons. The molecule has 0 aliphatic heterocycles. The number of nitrogens with zero attached hydrogens (tertiary/aromatic N) is 1. The van der Waals surface area contributed by atoms with Crippen LogP contribution in [0.15, 0.2) is 53.7 Å². The van der Waals surface area contributed by atoms with Crippen molar-refractivity contribution in [1.82, 2.24) is 9.71 Å². The molecule has 1 atom stereocenters. The Morgan fingerprint density at radius 3 is 2.59 bits per heavy atom. The molecule has 0 amide bonds. The van der Waals surface area contributed by atoms with Gasteiger partial charge in [-0.3, -0.25) is 4.98 Å². The molecule has 5 nitrogen and oxygen atoms in total. The topological polar surface area (TPSA) is 68.3 Å². The second-order valence-corrected chi connectivity index (χ2v) is 6.70. The van der Waals surface area contributed by atoms with E-state index in [1.165, 1.54) is 37.7 Å². The predicted octanol–water partition coefficient (Wildman–Crippen LogP) is 2.06.